The lowest BCUT2D eigenvalue weighted by Crippen LogP contribution is -2.07. The van der Waals surface area contributed by atoms with Gasteiger partial charge in [-0.3, -0.25) is 0 Å². The van der Waals surface area contributed by atoms with Crippen molar-refractivity contribution in [3.63, 3.8) is 0 Å². The summed E-state index contributed by atoms with van der Waals surface area (Å²) in [5.74, 6) is -0.423. The van der Waals surface area contributed by atoms with Gasteiger partial charge in [-0.1, -0.05) is 29.3 Å². The number of nitrogens with zero attached hydrogens (tertiary/aromatic N) is 1. The fourth-order valence-electron chi connectivity index (χ4n) is 1.89. The Morgan fingerprint density at radius 1 is 1.41 bits per heavy atom. The van der Waals surface area contributed by atoms with Gasteiger partial charge in [-0.25, -0.2) is 4.79 Å². The quantitative estimate of drug-likeness (QED) is 0.801. The fourth-order valence-corrected chi connectivity index (χ4v) is 2.20. The number of hydrogen-bond donors (Lipinski definition) is 1. The lowest BCUT2D eigenvalue weighted by Gasteiger charge is -2.13. The van der Waals surface area contributed by atoms with Crippen molar-refractivity contribution < 1.29 is 13.9 Å². The summed E-state index contributed by atoms with van der Waals surface area (Å²) in [5.41, 5.74) is 1.39. The number of benzene rings is 1. The third-order valence-corrected chi connectivity index (χ3v) is 3.78. The largest absolute Gasteiger partial charge is 0.460 e. The summed E-state index contributed by atoms with van der Waals surface area (Å²) in [6, 6.07) is 5.47. The molecular weight excluding hydrogens is 327 g/mol. The van der Waals surface area contributed by atoms with Crippen LogP contribution in [-0.2, 0) is 4.74 Å². The molecule has 1 unspecified atom stereocenters. The topological polar surface area (TPSA) is 64.4 Å². The van der Waals surface area contributed by atoms with Gasteiger partial charge in [-0.05, 0) is 38.5 Å². The number of anilines is 1. The summed E-state index contributed by atoms with van der Waals surface area (Å²) < 4.78 is 10.3. The minimum atomic E-state index is -0.525. The molecule has 2 rings (SSSR count). The molecule has 0 fully saturated rings. The second-order valence-corrected chi connectivity index (χ2v) is 5.51. The minimum Gasteiger partial charge on any atom is -0.460 e. The maximum absolute atomic E-state index is 11.7. The van der Waals surface area contributed by atoms with Crippen LogP contribution >= 0.6 is 23.2 Å². The van der Waals surface area contributed by atoms with Crippen LogP contribution in [0.3, 0.4) is 0 Å². The van der Waals surface area contributed by atoms with E-state index in [1.165, 1.54) is 0 Å². The number of nitrogens with one attached hydrogen (secondary N) is 1. The third kappa shape index (κ3) is 3.72. The molecule has 0 bridgehead atoms. The number of carbonyl (C=O) groups excluding carboxylic acids is 1. The van der Waals surface area contributed by atoms with E-state index in [9.17, 15) is 4.79 Å². The Morgan fingerprint density at radius 3 is 2.77 bits per heavy atom. The smallest absolute Gasteiger partial charge is 0.376 e. The summed E-state index contributed by atoms with van der Waals surface area (Å²) in [5, 5.41) is 4.05. The zero-order valence-corrected chi connectivity index (χ0v) is 14.0. The molecular formula is C15H16Cl2N2O3. The van der Waals surface area contributed by atoms with Crippen molar-refractivity contribution in [3.05, 3.63) is 45.3 Å². The van der Waals surface area contributed by atoms with Crippen LogP contribution in [-0.4, -0.2) is 17.6 Å². The van der Waals surface area contributed by atoms with Gasteiger partial charge in [0.1, 0.15) is 0 Å². The van der Waals surface area contributed by atoms with E-state index in [1.807, 2.05) is 13.0 Å². The molecule has 1 aromatic carbocycles. The lowest BCUT2D eigenvalue weighted by atomic mass is 10.1. The van der Waals surface area contributed by atoms with Crippen LogP contribution in [0.4, 0.5) is 6.01 Å². The molecule has 0 aliphatic heterocycles. The fraction of sp³-hybridized carbons (Fsp3) is 0.333. The van der Waals surface area contributed by atoms with E-state index in [0.29, 0.717) is 15.7 Å². The average molecular weight is 343 g/mol. The Kier molecular flexibility index (Phi) is 5.32. The summed E-state index contributed by atoms with van der Waals surface area (Å²) in [6.45, 7) is 5.62. The Labute approximate surface area is 138 Å². The van der Waals surface area contributed by atoms with Gasteiger partial charge in [-0.15, -0.1) is 0 Å². The molecule has 0 amide bonds. The number of hydrogen-bond acceptors (Lipinski definition) is 5. The van der Waals surface area contributed by atoms with Crippen molar-refractivity contribution in [3.8, 4) is 0 Å². The highest BCUT2D eigenvalue weighted by molar-refractivity contribution is 6.42. The van der Waals surface area contributed by atoms with E-state index in [4.69, 9.17) is 32.4 Å². The highest BCUT2D eigenvalue weighted by atomic mass is 35.5. The van der Waals surface area contributed by atoms with E-state index < -0.39 is 5.97 Å². The number of halogens is 2. The predicted octanol–water partition coefficient (Wildman–Crippen LogP) is 4.64. The molecule has 7 heteroatoms. The van der Waals surface area contributed by atoms with Gasteiger partial charge in [0, 0.05) is 0 Å². The third-order valence-electron chi connectivity index (χ3n) is 3.04. The molecule has 5 nitrogen and oxygen atoms in total. The number of ether oxygens (including phenoxy) is 1. The zero-order valence-electron chi connectivity index (χ0n) is 12.4. The summed E-state index contributed by atoms with van der Waals surface area (Å²) >= 11 is 11.9. The lowest BCUT2D eigenvalue weighted by molar-refractivity contribution is 0.0490. The number of oxazole rings is 1. The van der Waals surface area contributed by atoms with Gasteiger partial charge in [-0.2, -0.15) is 4.98 Å². The Hall–Kier alpha value is -1.72. The molecule has 22 heavy (non-hydrogen) atoms. The summed E-state index contributed by atoms with van der Waals surface area (Å²) in [7, 11) is 0. The van der Waals surface area contributed by atoms with Crippen LogP contribution in [0, 0.1) is 6.92 Å². The average Bonchev–Trinajstić information content (AvgIpc) is 2.82. The molecule has 0 spiro atoms. The minimum absolute atomic E-state index is 0.102. The zero-order chi connectivity index (χ0) is 16.3. The molecule has 0 aliphatic rings. The number of rotatable bonds is 5. The van der Waals surface area contributed by atoms with E-state index in [1.54, 1.807) is 26.0 Å². The van der Waals surface area contributed by atoms with E-state index >= 15 is 0 Å². The molecule has 0 radical (unpaired) electrons. The Balaban J connectivity index is 2.14. The number of esters is 1. The molecule has 0 aliphatic carbocycles. The highest BCUT2D eigenvalue weighted by Gasteiger charge is 2.19. The first kappa shape index (κ1) is 16.6. The van der Waals surface area contributed by atoms with Crippen molar-refractivity contribution in [2.24, 2.45) is 0 Å². The normalized spacial score (nSPS) is 12.0. The standard InChI is InChI=1S/C15H16Cl2N2O3/c1-4-21-14(20)13-9(3)19-15(22-13)18-8(2)10-5-6-11(16)12(17)7-10/h5-8H,4H2,1-3H3,(H,18,19). The number of carbonyl (C=O) groups is 1. The molecule has 1 N–H and O–H groups in total. The summed E-state index contributed by atoms with van der Waals surface area (Å²) in [6.07, 6.45) is 0. The van der Waals surface area contributed by atoms with Gasteiger partial charge >= 0.3 is 5.97 Å². The molecule has 1 atom stereocenters. The van der Waals surface area contributed by atoms with Gasteiger partial charge in [0.05, 0.1) is 28.4 Å². The molecule has 2 aromatic rings. The highest BCUT2D eigenvalue weighted by Crippen LogP contribution is 2.27. The van der Waals surface area contributed by atoms with Gasteiger partial charge in [0.15, 0.2) is 0 Å². The van der Waals surface area contributed by atoms with Crippen LogP contribution < -0.4 is 5.32 Å². The van der Waals surface area contributed by atoms with Crippen molar-refractivity contribution in [1.29, 1.82) is 0 Å². The van der Waals surface area contributed by atoms with Crippen molar-refractivity contribution in [2.45, 2.75) is 26.8 Å². The van der Waals surface area contributed by atoms with Crippen LogP contribution in [0.2, 0.25) is 10.0 Å². The molecule has 0 saturated carbocycles. The van der Waals surface area contributed by atoms with Gasteiger partial charge in [0.25, 0.3) is 6.01 Å². The van der Waals surface area contributed by atoms with Crippen LogP contribution in [0.5, 0.6) is 0 Å². The van der Waals surface area contributed by atoms with E-state index in [2.05, 4.69) is 10.3 Å². The second kappa shape index (κ2) is 7.03. The van der Waals surface area contributed by atoms with Crippen molar-refractivity contribution >= 4 is 35.2 Å². The van der Waals surface area contributed by atoms with Crippen LogP contribution in [0.15, 0.2) is 22.6 Å². The monoisotopic (exact) mass is 342 g/mol. The maximum Gasteiger partial charge on any atom is 0.376 e. The van der Waals surface area contributed by atoms with Gasteiger partial charge in [0.2, 0.25) is 5.76 Å². The van der Waals surface area contributed by atoms with E-state index in [-0.39, 0.29) is 24.4 Å². The van der Waals surface area contributed by atoms with E-state index in [0.717, 1.165) is 5.56 Å². The second-order valence-electron chi connectivity index (χ2n) is 4.69. The molecule has 0 saturated heterocycles. The summed E-state index contributed by atoms with van der Waals surface area (Å²) in [4.78, 5) is 15.9. The van der Waals surface area contributed by atoms with Crippen molar-refractivity contribution in [1.82, 2.24) is 4.98 Å². The Morgan fingerprint density at radius 2 is 2.14 bits per heavy atom. The first-order valence-electron chi connectivity index (χ1n) is 6.78. The Bertz CT molecular complexity index is 685. The number of aryl methyl sites for hydroxylation is 1. The van der Waals surface area contributed by atoms with Gasteiger partial charge < -0.3 is 14.5 Å². The van der Waals surface area contributed by atoms with Crippen LogP contribution in [0.25, 0.3) is 0 Å². The van der Waals surface area contributed by atoms with Crippen molar-refractivity contribution in [2.75, 3.05) is 11.9 Å². The number of aromatic nitrogens is 1. The van der Waals surface area contributed by atoms with Crippen LogP contribution in [0.1, 0.15) is 41.7 Å². The molecule has 118 valence electrons. The predicted molar refractivity (Wildman–Crippen MR) is 85.7 cm³/mol. The first-order valence-corrected chi connectivity index (χ1v) is 7.54. The maximum atomic E-state index is 11.7. The first-order chi connectivity index (χ1) is 10.4. The SMILES string of the molecule is CCOC(=O)c1oc(NC(C)c2ccc(Cl)c(Cl)c2)nc1C. The molecule has 1 aromatic heterocycles. The molecule has 1 heterocycles.